The third-order valence-electron chi connectivity index (χ3n) is 1.54. The number of nitrogens with zero attached hydrogens (tertiary/aromatic N) is 1. The Balaban J connectivity index is 3.83. The molecule has 0 unspecified atom stereocenters. The Labute approximate surface area is 109 Å². The molecule has 0 aromatic heterocycles. The second-order valence-corrected chi connectivity index (χ2v) is 6.20. The van der Waals surface area contributed by atoms with Gasteiger partial charge in [0.2, 0.25) is 0 Å². The number of nitro groups is 1. The molecule has 1 rings (SSSR count). The highest BCUT2D eigenvalue weighted by molar-refractivity contribution is 8.14. The largest absolute Gasteiger partial charge is 0.292 e. The predicted molar refractivity (Wildman–Crippen MR) is 61.2 cm³/mol. The number of benzene rings is 1. The van der Waals surface area contributed by atoms with Gasteiger partial charge in [-0.25, -0.2) is 8.42 Å². The Bertz CT molecular complexity index is 570. The molecule has 16 heavy (non-hydrogen) atoms. The van der Waals surface area contributed by atoms with Gasteiger partial charge in [-0.2, -0.15) is 0 Å². The Kier molecular flexibility index (Phi) is 3.91. The van der Waals surface area contributed by atoms with E-state index in [4.69, 9.17) is 45.5 Å². The van der Waals surface area contributed by atoms with Crippen molar-refractivity contribution in [2.24, 2.45) is 0 Å². The Morgan fingerprint density at radius 2 is 1.69 bits per heavy atom. The van der Waals surface area contributed by atoms with E-state index in [2.05, 4.69) is 0 Å². The molecule has 0 aliphatic heterocycles. The van der Waals surface area contributed by atoms with E-state index in [-0.39, 0.29) is 10.0 Å². The van der Waals surface area contributed by atoms with Crippen molar-refractivity contribution in [3.63, 3.8) is 0 Å². The minimum atomic E-state index is -4.39. The Hall–Kier alpha value is -0.270. The summed E-state index contributed by atoms with van der Waals surface area (Å²) in [5, 5.41) is 9.49. The third-order valence-corrected chi connectivity index (χ3v) is 4.28. The van der Waals surface area contributed by atoms with E-state index in [1.807, 2.05) is 0 Å². The molecule has 0 aliphatic carbocycles. The van der Waals surface area contributed by atoms with Crippen molar-refractivity contribution >= 4 is 60.2 Å². The standard InChI is InChI=1S/C6HCl4NO4S/c7-2-1-3(11(12)13)6(16(10,14)15)5(9)4(2)8/h1H. The molecule has 1 aromatic rings. The van der Waals surface area contributed by atoms with Crippen LogP contribution >= 0.6 is 45.5 Å². The van der Waals surface area contributed by atoms with Gasteiger partial charge < -0.3 is 0 Å². The maximum absolute atomic E-state index is 11.1. The van der Waals surface area contributed by atoms with E-state index in [0.717, 1.165) is 6.07 Å². The summed E-state index contributed by atoms with van der Waals surface area (Å²) in [6, 6.07) is 0.769. The smallest absolute Gasteiger partial charge is 0.258 e. The minimum absolute atomic E-state index is 0.234. The molecule has 88 valence electrons. The van der Waals surface area contributed by atoms with Crippen LogP contribution < -0.4 is 0 Å². The predicted octanol–water partition coefficient (Wildman–Crippen LogP) is 3.48. The number of rotatable bonds is 2. The molecule has 0 radical (unpaired) electrons. The van der Waals surface area contributed by atoms with Crippen LogP contribution in [-0.2, 0) is 9.05 Å². The molecule has 0 amide bonds. The molecule has 10 heteroatoms. The lowest BCUT2D eigenvalue weighted by molar-refractivity contribution is -0.387. The van der Waals surface area contributed by atoms with Gasteiger partial charge in [0.1, 0.15) is 0 Å². The van der Waals surface area contributed by atoms with Crippen molar-refractivity contribution in [1.29, 1.82) is 0 Å². The van der Waals surface area contributed by atoms with Crippen molar-refractivity contribution < 1.29 is 13.3 Å². The molecule has 0 bridgehead atoms. The first kappa shape index (κ1) is 13.8. The second kappa shape index (κ2) is 4.54. The van der Waals surface area contributed by atoms with Gasteiger partial charge in [0.15, 0.2) is 4.90 Å². The van der Waals surface area contributed by atoms with Gasteiger partial charge in [-0.3, -0.25) is 10.1 Å². The zero-order valence-electron chi connectivity index (χ0n) is 7.08. The number of hydrogen-bond donors (Lipinski definition) is 0. The lowest BCUT2D eigenvalue weighted by atomic mass is 10.3. The van der Waals surface area contributed by atoms with Crippen molar-refractivity contribution in [3.8, 4) is 0 Å². The molecule has 0 saturated heterocycles. The molecule has 0 aliphatic rings. The van der Waals surface area contributed by atoms with E-state index in [9.17, 15) is 18.5 Å². The van der Waals surface area contributed by atoms with Crippen molar-refractivity contribution in [2.75, 3.05) is 0 Å². The van der Waals surface area contributed by atoms with Crippen LogP contribution in [0.5, 0.6) is 0 Å². The van der Waals surface area contributed by atoms with E-state index in [1.165, 1.54) is 0 Å². The van der Waals surface area contributed by atoms with Crippen LogP contribution in [0.25, 0.3) is 0 Å². The van der Waals surface area contributed by atoms with Crippen molar-refractivity contribution in [2.45, 2.75) is 4.90 Å². The summed E-state index contributed by atoms with van der Waals surface area (Å²) in [4.78, 5) is 8.77. The van der Waals surface area contributed by atoms with E-state index >= 15 is 0 Å². The maximum atomic E-state index is 11.1. The summed E-state index contributed by atoms with van der Waals surface area (Å²) in [5.41, 5.74) is -0.825. The quantitative estimate of drug-likeness (QED) is 0.361. The average molecular weight is 325 g/mol. The Morgan fingerprint density at radius 3 is 2.06 bits per heavy atom. The second-order valence-electron chi connectivity index (χ2n) is 2.53. The van der Waals surface area contributed by atoms with E-state index in [1.54, 1.807) is 0 Å². The van der Waals surface area contributed by atoms with Crippen molar-refractivity contribution in [3.05, 3.63) is 31.2 Å². The van der Waals surface area contributed by atoms with Gasteiger partial charge >= 0.3 is 0 Å². The first-order chi connectivity index (χ1) is 7.16. The zero-order valence-corrected chi connectivity index (χ0v) is 10.9. The molecular weight excluding hydrogens is 324 g/mol. The number of hydrogen-bond acceptors (Lipinski definition) is 4. The molecule has 1 aromatic carbocycles. The first-order valence-electron chi connectivity index (χ1n) is 3.42. The molecule has 0 heterocycles. The summed E-state index contributed by atoms with van der Waals surface area (Å²) in [6.07, 6.45) is 0. The normalized spacial score (nSPS) is 11.5. The van der Waals surface area contributed by atoms with Crippen LogP contribution in [0, 0.1) is 10.1 Å². The summed E-state index contributed by atoms with van der Waals surface area (Å²) in [7, 11) is 0.626. The SMILES string of the molecule is O=[N+]([O-])c1cc(Cl)c(Cl)c(Cl)c1S(=O)(=O)Cl. The summed E-state index contributed by atoms with van der Waals surface area (Å²) < 4.78 is 22.2. The van der Waals surface area contributed by atoms with Crippen LogP contribution in [0.2, 0.25) is 15.1 Å². The highest BCUT2D eigenvalue weighted by atomic mass is 35.7. The van der Waals surface area contributed by atoms with Gasteiger partial charge in [0, 0.05) is 16.7 Å². The van der Waals surface area contributed by atoms with Gasteiger partial charge in [-0.15, -0.1) is 0 Å². The molecule has 5 nitrogen and oxygen atoms in total. The van der Waals surface area contributed by atoms with Crippen LogP contribution in [0.3, 0.4) is 0 Å². The molecular formula is C6HCl4NO4S. The third kappa shape index (κ3) is 2.52. The highest BCUT2D eigenvalue weighted by Crippen LogP contribution is 2.42. The summed E-state index contributed by atoms with van der Waals surface area (Å²) in [6.45, 7) is 0. The number of nitro benzene ring substituents is 1. The highest BCUT2D eigenvalue weighted by Gasteiger charge is 2.30. The fourth-order valence-electron chi connectivity index (χ4n) is 0.933. The molecule has 0 fully saturated rings. The lowest BCUT2D eigenvalue weighted by Gasteiger charge is -2.05. The first-order valence-corrected chi connectivity index (χ1v) is 6.87. The molecule has 0 spiro atoms. The fourth-order valence-corrected chi connectivity index (χ4v) is 3.17. The van der Waals surface area contributed by atoms with Crippen LogP contribution in [-0.4, -0.2) is 13.3 Å². The molecule has 0 atom stereocenters. The lowest BCUT2D eigenvalue weighted by Crippen LogP contribution is -2.00. The fraction of sp³-hybridized carbons (Fsp3) is 0. The van der Waals surface area contributed by atoms with Crippen molar-refractivity contribution in [1.82, 2.24) is 0 Å². The summed E-state index contributed by atoms with van der Waals surface area (Å²) >= 11 is 16.6. The summed E-state index contributed by atoms with van der Waals surface area (Å²) in [5.74, 6) is 0. The van der Waals surface area contributed by atoms with E-state index in [0.29, 0.717) is 0 Å². The number of halogens is 4. The van der Waals surface area contributed by atoms with Gasteiger partial charge in [0.05, 0.1) is 20.0 Å². The van der Waals surface area contributed by atoms with E-state index < -0.39 is 29.6 Å². The molecule has 0 saturated carbocycles. The van der Waals surface area contributed by atoms with Crippen LogP contribution in [0.4, 0.5) is 5.69 Å². The average Bonchev–Trinajstić information content (AvgIpc) is 2.10. The van der Waals surface area contributed by atoms with Crippen LogP contribution in [0.1, 0.15) is 0 Å². The maximum Gasteiger partial charge on any atom is 0.292 e. The topological polar surface area (TPSA) is 77.3 Å². The molecule has 0 N–H and O–H groups in total. The zero-order chi connectivity index (χ0) is 12.7. The monoisotopic (exact) mass is 323 g/mol. The Morgan fingerprint density at radius 1 is 1.19 bits per heavy atom. The minimum Gasteiger partial charge on any atom is -0.258 e. The van der Waals surface area contributed by atoms with Gasteiger partial charge in [-0.1, -0.05) is 34.8 Å². The van der Waals surface area contributed by atoms with Gasteiger partial charge in [0.25, 0.3) is 14.7 Å². The van der Waals surface area contributed by atoms with Gasteiger partial charge in [-0.05, 0) is 0 Å². The van der Waals surface area contributed by atoms with Crippen LogP contribution in [0.15, 0.2) is 11.0 Å².